The fraction of sp³-hybridized carbons (Fsp3) is 0.267. The van der Waals surface area contributed by atoms with Gasteiger partial charge in [0.2, 0.25) is 15.0 Å². The Labute approximate surface area is 224 Å². The minimum absolute atomic E-state index is 0.00513. The van der Waals surface area contributed by atoms with Gasteiger partial charge in [0, 0.05) is 11.6 Å². The molecule has 0 spiro atoms. The molecule has 4 aromatic rings. The highest BCUT2D eigenvalue weighted by Gasteiger charge is 2.27. The minimum atomic E-state index is -3.76. The van der Waals surface area contributed by atoms with Crippen LogP contribution in [0.5, 0.6) is 5.75 Å². The van der Waals surface area contributed by atoms with Crippen molar-refractivity contribution in [2.45, 2.75) is 50.8 Å². The molecule has 7 nitrogen and oxygen atoms in total. The Morgan fingerprint density at radius 1 is 0.974 bits per heavy atom. The number of sulfone groups is 1. The average molecular weight is 532 g/mol. The monoisotopic (exact) mass is 531 g/mol. The Morgan fingerprint density at radius 3 is 2.34 bits per heavy atom. The van der Waals surface area contributed by atoms with Gasteiger partial charge in [-0.05, 0) is 50.1 Å². The van der Waals surface area contributed by atoms with Crippen molar-refractivity contribution in [3.05, 3.63) is 113 Å². The highest BCUT2D eigenvalue weighted by molar-refractivity contribution is 7.90. The van der Waals surface area contributed by atoms with E-state index in [4.69, 9.17) is 4.74 Å². The van der Waals surface area contributed by atoms with Crippen LogP contribution in [0, 0.1) is 6.92 Å². The summed E-state index contributed by atoms with van der Waals surface area (Å²) in [5, 5.41) is -0.00513. The molecule has 3 aromatic carbocycles. The maximum absolute atomic E-state index is 13.6. The molecule has 0 aliphatic rings. The van der Waals surface area contributed by atoms with Gasteiger partial charge < -0.3 is 14.2 Å². The van der Waals surface area contributed by atoms with E-state index < -0.39 is 9.84 Å². The number of imidazole rings is 1. The molecule has 0 aliphatic heterocycles. The number of methoxy groups -OCH3 is 1. The topological polar surface area (TPSA) is 81.5 Å². The molecule has 1 heterocycles. The molecule has 0 unspecified atom stereocenters. The summed E-state index contributed by atoms with van der Waals surface area (Å²) in [5.41, 5.74) is 3.84. The third kappa shape index (κ3) is 6.31. The highest BCUT2D eigenvalue weighted by atomic mass is 32.2. The van der Waals surface area contributed by atoms with Gasteiger partial charge in [-0.3, -0.25) is 4.79 Å². The molecule has 0 saturated carbocycles. The summed E-state index contributed by atoms with van der Waals surface area (Å²) < 4.78 is 34.2. The van der Waals surface area contributed by atoms with Gasteiger partial charge in [0.15, 0.2) is 0 Å². The zero-order chi connectivity index (χ0) is 27.3. The van der Waals surface area contributed by atoms with Crippen LogP contribution in [0.25, 0.3) is 0 Å². The third-order valence-corrected chi connectivity index (χ3v) is 7.97. The highest BCUT2D eigenvalue weighted by Crippen LogP contribution is 2.23. The fourth-order valence-corrected chi connectivity index (χ4v) is 5.75. The van der Waals surface area contributed by atoms with Crippen LogP contribution in [0.15, 0.2) is 90.2 Å². The number of hydrogen-bond donors (Lipinski definition) is 0. The maximum atomic E-state index is 13.6. The van der Waals surface area contributed by atoms with E-state index in [9.17, 15) is 13.2 Å². The molecule has 0 saturated heterocycles. The summed E-state index contributed by atoms with van der Waals surface area (Å²) >= 11 is 0. The van der Waals surface area contributed by atoms with Gasteiger partial charge in [-0.2, -0.15) is 0 Å². The summed E-state index contributed by atoms with van der Waals surface area (Å²) in [5.74, 6) is 0.267. The average Bonchev–Trinajstić information content (AvgIpc) is 3.31. The number of nitrogens with zero attached hydrogens (tertiary/aromatic N) is 3. The van der Waals surface area contributed by atoms with Crippen molar-refractivity contribution < 1.29 is 17.9 Å². The molecular formula is C30H33N3O4S. The fourth-order valence-electron chi connectivity index (χ4n) is 4.26. The predicted molar refractivity (Wildman–Crippen MR) is 148 cm³/mol. The number of aromatic nitrogens is 2. The number of carbonyl (C=O) groups excluding carboxylic acids is 1. The van der Waals surface area contributed by atoms with E-state index in [0.29, 0.717) is 29.1 Å². The number of ether oxygens (including phenoxy) is 1. The van der Waals surface area contributed by atoms with Crippen LogP contribution in [0.1, 0.15) is 46.6 Å². The largest absolute Gasteiger partial charge is 0.497 e. The molecule has 4 rings (SSSR count). The van der Waals surface area contributed by atoms with Crippen molar-refractivity contribution in [2.24, 2.45) is 0 Å². The molecule has 0 fully saturated rings. The van der Waals surface area contributed by atoms with Gasteiger partial charge in [0.1, 0.15) is 5.75 Å². The van der Waals surface area contributed by atoms with Crippen LogP contribution in [-0.2, 0) is 28.7 Å². The first-order valence-corrected chi connectivity index (χ1v) is 14.1. The molecule has 0 bridgehead atoms. The summed E-state index contributed by atoms with van der Waals surface area (Å²) in [4.78, 5) is 19.6. The second-order valence-corrected chi connectivity index (χ2v) is 11.5. The first-order valence-electron chi connectivity index (χ1n) is 12.5. The van der Waals surface area contributed by atoms with E-state index in [-0.39, 0.29) is 29.4 Å². The van der Waals surface area contributed by atoms with Crippen LogP contribution in [0.4, 0.5) is 0 Å². The van der Waals surface area contributed by atoms with Crippen LogP contribution < -0.4 is 4.74 Å². The summed E-state index contributed by atoms with van der Waals surface area (Å²) in [7, 11) is -2.20. The lowest BCUT2D eigenvalue weighted by Crippen LogP contribution is -2.37. The zero-order valence-electron chi connectivity index (χ0n) is 22.2. The maximum Gasteiger partial charge on any atom is 0.254 e. The van der Waals surface area contributed by atoms with Crippen molar-refractivity contribution in [3.8, 4) is 5.75 Å². The lowest BCUT2D eigenvalue weighted by molar-refractivity contribution is 0.0685. The van der Waals surface area contributed by atoms with E-state index in [2.05, 4.69) is 4.98 Å². The number of amides is 1. The van der Waals surface area contributed by atoms with Gasteiger partial charge in [-0.25, -0.2) is 13.4 Å². The second kappa shape index (κ2) is 11.6. The minimum Gasteiger partial charge on any atom is -0.497 e. The van der Waals surface area contributed by atoms with Crippen LogP contribution in [0.3, 0.4) is 0 Å². The molecule has 1 aromatic heterocycles. The Balaban J connectivity index is 1.71. The summed E-state index contributed by atoms with van der Waals surface area (Å²) in [6, 6.07) is 24.0. The van der Waals surface area contributed by atoms with Crippen molar-refractivity contribution in [3.63, 3.8) is 0 Å². The van der Waals surface area contributed by atoms with E-state index in [1.807, 2.05) is 75.4 Å². The van der Waals surface area contributed by atoms with E-state index in [0.717, 1.165) is 11.1 Å². The molecule has 0 aliphatic carbocycles. The van der Waals surface area contributed by atoms with E-state index in [1.165, 1.54) is 0 Å². The molecular weight excluding hydrogens is 498 g/mol. The molecule has 198 valence electrons. The summed E-state index contributed by atoms with van der Waals surface area (Å²) in [6.07, 6.45) is 1.57. The Bertz CT molecular complexity index is 1490. The molecule has 1 amide bonds. The van der Waals surface area contributed by atoms with Crippen LogP contribution >= 0.6 is 0 Å². The Hall–Kier alpha value is -3.91. The number of carbonyl (C=O) groups is 1. The number of hydrogen-bond acceptors (Lipinski definition) is 5. The van der Waals surface area contributed by atoms with Gasteiger partial charge >= 0.3 is 0 Å². The van der Waals surface area contributed by atoms with Crippen molar-refractivity contribution in [1.29, 1.82) is 0 Å². The zero-order valence-corrected chi connectivity index (χ0v) is 23.0. The Kier molecular flexibility index (Phi) is 8.32. The lowest BCUT2D eigenvalue weighted by Gasteiger charge is -2.27. The normalized spacial score (nSPS) is 11.5. The molecule has 0 radical (unpaired) electrons. The SMILES string of the molecule is COc1cccc(C(=O)N(Cc2cnc(S(=O)(=O)Cc3ccc(C)cc3)n2Cc2ccccc2)C(C)C)c1. The smallest absolute Gasteiger partial charge is 0.254 e. The lowest BCUT2D eigenvalue weighted by atomic mass is 10.1. The van der Waals surface area contributed by atoms with E-state index >= 15 is 0 Å². The Morgan fingerprint density at radius 2 is 1.68 bits per heavy atom. The number of aryl methyl sites for hydroxylation is 1. The predicted octanol–water partition coefficient (Wildman–Crippen LogP) is 5.27. The second-order valence-electron chi connectivity index (χ2n) is 9.61. The van der Waals surface area contributed by atoms with Gasteiger partial charge in [-0.15, -0.1) is 0 Å². The molecule has 0 atom stereocenters. The third-order valence-electron chi connectivity index (χ3n) is 6.37. The quantitative estimate of drug-likeness (QED) is 0.278. The number of benzene rings is 3. The molecule has 8 heteroatoms. The van der Waals surface area contributed by atoms with Crippen molar-refractivity contribution >= 4 is 15.7 Å². The first kappa shape index (κ1) is 27.1. The van der Waals surface area contributed by atoms with Crippen LogP contribution in [0.2, 0.25) is 0 Å². The van der Waals surface area contributed by atoms with Crippen molar-refractivity contribution in [2.75, 3.05) is 7.11 Å². The van der Waals surface area contributed by atoms with Crippen molar-refractivity contribution in [1.82, 2.24) is 14.5 Å². The standard InChI is InChI=1S/C30H33N3O4S/c1-22(2)32(29(34)26-11-8-12-28(17-26)37-4)20-27-18-31-30(33(27)19-24-9-6-5-7-10-24)38(35,36)21-25-15-13-23(3)14-16-25/h5-18,22H,19-21H2,1-4H3. The summed E-state index contributed by atoms with van der Waals surface area (Å²) in [6.45, 7) is 6.35. The van der Waals surface area contributed by atoms with Crippen LogP contribution in [-0.4, -0.2) is 41.9 Å². The molecule has 38 heavy (non-hydrogen) atoms. The van der Waals surface area contributed by atoms with Gasteiger partial charge in [0.25, 0.3) is 5.91 Å². The molecule has 0 N–H and O–H groups in total. The van der Waals surface area contributed by atoms with E-state index in [1.54, 1.807) is 47.0 Å². The van der Waals surface area contributed by atoms with Gasteiger partial charge in [-0.1, -0.05) is 66.2 Å². The van der Waals surface area contributed by atoms with Gasteiger partial charge in [0.05, 0.1) is 37.8 Å². The first-order chi connectivity index (χ1) is 18.2. The number of rotatable bonds is 10.